The number of phosphoric acid groups is 2. The average molecular weight is 1370 g/mol. The number of esters is 4. The average Bonchev–Trinajstić information content (AvgIpc) is 3.49. The minimum absolute atomic E-state index is 0.104. The van der Waals surface area contributed by atoms with Crippen molar-refractivity contribution >= 4 is 39.5 Å². The lowest BCUT2D eigenvalue weighted by atomic mass is 10.00. The summed E-state index contributed by atoms with van der Waals surface area (Å²) in [6.45, 7) is 9.50. The first-order valence-corrected chi connectivity index (χ1v) is 41.5. The fourth-order valence-electron chi connectivity index (χ4n) is 11.3. The molecule has 93 heavy (non-hydrogen) atoms. The highest BCUT2D eigenvalue weighted by molar-refractivity contribution is 7.47. The number of unbranched alkanes of at least 4 members (excludes halogenated alkanes) is 42. The van der Waals surface area contributed by atoms with Crippen molar-refractivity contribution in [1.82, 2.24) is 0 Å². The smallest absolute Gasteiger partial charge is 0.462 e. The molecule has 0 bridgehead atoms. The summed E-state index contributed by atoms with van der Waals surface area (Å²) in [6, 6.07) is 0. The van der Waals surface area contributed by atoms with E-state index in [2.05, 4.69) is 41.5 Å². The van der Waals surface area contributed by atoms with Crippen molar-refractivity contribution in [2.45, 2.75) is 400 Å². The lowest BCUT2D eigenvalue weighted by Gasteiger charge is -2.21. The van der Waals surface area contributed by atoms with Crippen LogP contribution >= 0.6 is 15.6 Å². The van der Waals surface area contributed by atoms with Gasteiger partial charge in [-0.2, -0.15) is 0 Å². The van der Waals surface area contributed by atoms with E-state index in [1.54, 1.807) is 0 Å². The van der Waals surface area contributed by atoms with Gasteiger partial charge in [0.05, 0.1) is 26.4 Å². The van der Waals surface area contributed by atoms with Crippen LogP contribution < -0.4 is 0 Å². The second-order valence-corrected chi connectivity index (χ2v) is 30.3. The lowest BCUT2D eigenvalue weighted by molar-refractivity contribution is -0.161. The lowest BCUT2D eigenvalue weighted by Crippen LogP contribution is -2.30. The molecule has 0 aliphatic rings. The van der Waals surface area contributed by atoms with Crippen LogP contribution in [0.25, 0.3) is 0 Å². The van der Waals surface area contributed by atoms with Crippen LogP contribution in [0.15, 0.2) is 0 Å². The number of phosphoric ester groups is 2. The minimum atomic E-state index is -4.96. The Labute approximate surface area is 568 Å². The molecule has 0 amide bonds. The summed E-state index contributed by atoms with van der Waals surface area (Å²) in [7, 11) is -9.91. The Morgan fingerprint density at radius 2 is 0.548 bits per heavy atom. The maximum Gasteiger partial charge on any atom is 0.472 e. The van der Waals surface area contributed by atoms with Crippen LogP contribution in [0.2, 0.25) is 0 Å². The van der Waals surface area contributed by atoms with E-state index >= 15 is 0 Å². The molecule has 0 radical (unpaired) electrons. The van der Waals surface area contributed by atoms with Crippen molar-refractivity contribution in [3.8, 4) is 0 Å². The number of hydrogen-bond acceptors (Lipinski definition) is 15. The molecule has 0 aliphatic heterocycles. The van der Waals surface area contributed by atoms with E-state index in [1.165, 1.54) is 193 Å². The van der Waals surface area contributed by atoms with Crippen LogP contribution in [0.5, 0.6) is 0 Å². The zero-order valence-corrected chi connectivity index (χ0v) is 62.3. The number of rotatable bonds is 73. The van der Waals surface area contributed by atoms with Gasteiger partial charge in [0.1, 0.15) is 19.3 Å². The summed E-state index contributed by atoms with van der Waals surface area (Å²) in [5.74, 6) is -0.672. The van der Waals surface area contributed by atoms with Gasteiger partial charge in [0, 0.05) is 25.7 Å². The zero-order chi connectivity index (χ0) is 68.6. The van der Waals surface area contributed by atoms with Crippen molar-refractivity contribution in [2.24, 2.45) is 11.8 Å². The first-order chi connectivity index (χ1) is 44.9. The fraction of sp³-hybridized carbons (Fsp3) is 0.946. The first kappa shape index (κ1) is 91.1. The van der Waals surface area contributed by atoms with Gasteiger partial charge in [-0.05, 0) is 37.5 Å². The van der Waals surface area contributed by atoms with Gasteiger partial charge >= 0.3 is 39.5 Å². The third-order valence-corrected chi connectivity index (χ3v) is 19.5. The van der Waals surface area contributed by atoms with Gasteiger partial charge in [-0.15, -0.1) is 0 Å². The van der Waals surface area contributed by atoms with Gasteiger partial charge in [-0.1, -0.05) is 330 Å². The van der Waals surface area contributed by atoms with Crippen LogP contribution in [0.3, 0.4) is 0 Å². The Bertz CT molecular complexity index is 1810. The standard InChI is InChI=1S/C74H144O17P2/c1-7-10-12-14-16-18-20-22-23-24-25-26-27-29-31-33-38-46-52-58-73(78)90-69(62-84-71(76)56-50-44-37-32-30-28-21-19-17-15-13-11-8-2)64-88-92(80,81)86-60-68(75)61-87-93(82,83)89-65-70(63-85-72(77)57-51-45-41-40-43-49-55-67(6)9-3)91-74(79)59-53-47-39-35-34-36-42-48-54-66(4)5/h66-70,75H,7-65H2,1-6H3,(H,80,81)(H,82,83)/t67?,68-,69-,70-/m1/s1. The van der Waals surface area contributed by atoms with Gasteiger partial charge in [0.25, 0.3) is 0 Å². The summed E-state index contributed by atoms with van der Waals surface area (Å²) in [5, 5.41) is 10.6. The highest BCUT2D eigenvalue weighted by Gasteiger charge is 2.30. The number of carbonyl (C=O) groups excluding carboxylic acids is 4. The Balaban J connectivity index is 5.22. The van der Waals surface area contributed by atoms with Crippen LogP contribution in [-0.4, -0.2) is 96.7 Å². The Hall–Kier alpha value is -1.94. The summed E-state index contributed by atoms with van der Waals surface area (Å²) in [5.41, 5.74) is 0. The second kappa shape index (κ2) is 66.0. The minimum Gasteiger partial charge on any atom is -0.462 e. The van der Waals surface area contributed by atoms with E-state index in [0.29, 0.717) is 25.7 Å². The Kier molecular flexibility index (Phi) is 64.6. The van der Waals surface area contributed by atoms with Crippen LogP contribution in [-0.2, 0) is 65.4 Å². The second-order valence-electron chi connectivity index (χ2n) is 27.4. The molecule has 0 aromatic rings. The highest BCUT2D eigenvalue weighted by atomic mass is 31.2. The molecule has 552 valence electrons. The molecule has 3 N–H and O–H groups in total. The predicted octanol–water partition coefficient (Wildman–Crippen LogP) is 21.6. The number of aliphatic hydroxyl groups excluding tert-OH is 1. The molecule has 0 rings (SSSR count). The number of carbonyl (C=O) groups is 4. The molecular weight excluding hydrogens is 1220 g/mol. The number of ether oxygens (including phenoxy) is 4. The Morgan fingerprint density at radius 3 is 0.817 bits per heavy atom. The summed E-state index contributed by atoms with van der Waals surface area (Å²) in [4.78, 5) is 72.7. The third kappa shape index (κ3) is 67.0. The molecule has 17 nitrogen and oxygen atoms in total. The topological polar surface area (TPSA) is 237 Å². The first-order valence-electron chi connectivity index (χ1n) is 38.5. The Morgan fingerprint density at radius 1 is 0.312 bits per heavy atom. The van der Waals surface area contributed by atoms with E-state index in [9.17, 15) is 43.2 Å². The monoisotopic (exact) mass is 1370 g/mol. The van der Waals surface area contributed by atoms with Crippen molar-refractivity contribution in [1.29, 1.82) is 0 Å². The van der Waals surface area contributed by atoms with Crippen molar-refractivity contribution in [3.05, 3.63) is 0 Å². The van der Waals surface area contributed by atoms with E-state index in [1.807, 2.05) is 0 Å². The van der Waals surface area contributed by atoms with Gasteiger partial charge in [-0.3, -0.25) is 37.3 Å². The van der Waals surface area contributed by atoms with Crippen molar-refractivity contribution < 1.29 is 80.2 Å². The zero-order valence-electron chi connectivity index (χ0n) is 60.6. The third-order valence-electron chi connectivity index (χ3n) is 17.6. The molecule has 3 unspecified atom stereocenters. The molecule has 0 saturated carbocycles. The predicted molar refractivity (Wildman–Crippen MR) is 377 cm³/mol. The van der Waals surface area contributed by atoms with E-state index < -0.39 is 97.5 Å². The quantitative estimate of drug-likeness (QED) is 0.0222. The van der Waals surface area contributed by atoms with Crippen molar-refractivity contribution in [3.63, 3.8) is 0 Å². The van der Waals surface area contributed by atoms with Gasteiger partial charge in [0.2, 0.25) is 0 Å². The highest BCUT2D eigenvalue weighted by Crippen LogP contribution is 2.45. The normalized spacial score (nSPS) is 14.3. The maximum atomic E-state index is 13.1. The molecule has 0 spiro atoms. The number of aliphatic hydroxyl groups is 1. The summed E-state index contributed by atoms with van der Waals surface area (Å²) >= 11 is 0. The SMILES string of the molecule is CCCCCCCCCCCCCCCCCCCCCC(=O)O[C@H](COC(=O)CCCCCCCCCCCCCCC)COP(=O)(O)OC[C@@H](O)COP(=O)(O)OC[C@@H](COC(=O)CCCCCCCCC(C)CC)OC(=O)CCCCCCCCCCC(C)C. The maximum absolute atomic E-state index is 13.1. The molecule has 0 aliphatic carbocycles. The molecule has 0 heterocycles. The largest absolute Gasteiger partial charge is 0.472 e. The molecular formula is C74H144O17P2. The fourth-order valence-corrected chi connectivity index (χ4v) is 12.8. The molecule has 0 aromatic carbocycles. The van der Waals surface area contributed by atoms with Crippen LogP contribution in [0, 0.1) is 11.8 Å². The van der Waals surface area contributed by atoms with E-state index in [-0.39, 0.29) is 25.7 Å². The van der Waals surface area contributed by atoms with E-state index in [0.717, 1.165) is 108 Å². The molecule has 0 aromatic heterocycles. The van der Waals surface area contributed by atoms with Gasteiger partial charge < -0.3 is 33.8 Å². The van der Waals surface area contributed by atoms with Gasteiger partial charge in [0.15, 0.2) is 12.2 Å². The summed E-state index contributed by atoms with van der Waals surface area (Å²) < 4.78 is 68.4. The molecule has 19 heteroatoms. The molecule has 0 saturated heterocycles. The van der Waals surface area contributed by atoms with Crippen LogP contribution in [0.4, 0.5) is 0 Å². The molecule has 6 atom stereocenters. The number of hydrogen-bond donors (Lipinski definition) is 3. The van der Waals surface area contributed by atoms with Crippen molar-refractivity contribution in [2.75, 3.05) is 39.6 Å². The summed E-state index contributed by atoms with van der Waals surface area (Å²) in [6.07, 6.45) is 52.8. The van der Waals surface area contributed by atoms with Gasteiger partial charge in [-0.25, -0.2) is 9.13 Å². The molecule has 0 fully saturated rings. The van der Waals surface area contributed by atoms with E-state index in [4.69, 9.17) is 37.0 Å². The van der Waals surface area contributed by atoms with Crippen LogP contribution in [0.1, 0.15) is 382 Å².